The summed E-state index contributed by atoms with van der Waals surface area (Å²) in [6, 6.07) is 0. The summed E-state index contributed by atoms with van der Waals surface area (Å²) in [5, 5.41) is 11.9. The van der Waals surface area contributed by atoms with E-state index in [-0.39, 0.29) is 11.4 Å². The van der Waals surface area contributed by atoms with E-state index in [9.17, 15) is 13.2 Å². The lowest BCUT2D eigenvalue weighted by atomic mass is 10.6. The molecular weight excluding hydrogens is 254 g/mol. The Morgan fingerprint density at radius 1 is 1.56 bits per heavy atom. The first-order valence-corrected chi connectivity index (χ1v) is 6.97. The molecule has 90 valence electrons. The van der Waals surface area contributed by atoms with Gasteiger partial charge in [0.05, 0.1) is 12.5 Å². The number of carbonyl (C=O) groups is 1. The summed E-state index contributed by atoms with van der Waals surface area (Å²) in [6.07, 6.45) is 2.32. The van der Waals surface area contributed by atoms with Gasteiger partial charge in [0, 0.05) is 13.1 Å². The lowest BCUT2D eigenvalue weighted by Crippen LogP contribution is -2.27. The molecule has 0 saturated carbocycles. The van der Waals surface area contributed by atoms with Gasteiger partial charge < -0.3 is 10.4 Å². The first kappa shape index (κ1) is 12.9. The van der Waals surface area contributed by atoms with Gasteiger partial charge in [0.2, 0.25) is 10.0 Å². The Balaban J connectivity index is 2.35. The molecule has 7 nitrogen and oxygen atoms in total. The molecule has 0 aliphatic heterocycles. The van der Waals surface area contributed by atoms with Crippen molar-refractivity contribution < 1.29 is 18.3 Å². The van der Waals surface area contributed by atoms with Gasteiger partial charge in [0.25, 0.3) is 0 Å². The summed E-state index contributed by atoms with van der Waals surface area (Å²) in [6.45, 7) is 0.570. The second kappa shape index (κ2) is 5.23. The van der Waals surface area contributed by atoms with Gasteiger partial charge in [-0.1, -0.05) is 11.3 Å². The number of sulfonamides is 1. The summed E-state index contributed by atoms with van der Waals surface area (Å²) in [7, 11) is -3.19. The minimum absolute atomic E-state index is 0.138. The molecule has 0 amide bonds. The van der Waals surface area contributed by atoms with Crippen molar-refractivity contribution in [2.45, 2.75) is 0 Å². The molecule has 16 heavy (non-hydrogen) atoms. The van der Waals surface area contributed by atoms with Crippen LogP contribution in [0.25, 0.3) is 0 Å². The van der Waals surface area contributed by atoms with Crippen LogP contribution in [0.15, 0.2) is 6.20 Å². The Bertz CT molecular complexity index is 468. The van der Waals surface area contributed by atoms with E-state index >= 15 is 0 Å². The van der Waals surface area contributed by atoms with Crippen LogP contribution in [0.1, 0.15) is 9.67 Å². The highest BCUT2D eigenvalue weighted by atomic mass is 32.2. The number of hydrogen-bond acceptors (Lipinski definition) is 6. The molecule has 0 aromatic carbocycles. The average Bonchev–Trinajstić information content (AvgIpc) is 2.59. The predicted molar refractivity (Wildman–Crippen MR) is 60.4 cm³/mol. The largest absolute Gasteiger partial charge is 0.477 e. The number of hydrogen-bond donors (Lipinski definition) is 3. The van der Waals surface area contributed by atoms with E-state index in [1.54, 1.807) is 0 Å². The molecule has 0 aliphatic rings. The van der Waals surface area contributed by atoms with Gasteiger partial charge in [0.15, 0.2) is 5.13 Å². The second-order valence-corrected chi connectivity index (χ2v) is 5.79. The first-order chi connectivity index (χ1) is 7.38. The zero-order valence-corrected chi connectivity index (χ0v) is 10.1. The average molecular weight is 265 g/mol. The van der Waals surface area contributed by atoms with Crippen LogP contribution in [0.3, 0.4) is 0 Å². The number of carboxylic acid groups (broad SMARTS) is 1. The number of rotatable bonds is 6. The summed E-state index contributed by atoms with van der Waals surface area (Å²) in [5.41, 5.74) is 0. The maximum Gasteiger partial charge on any atom is 0.347 e. The Morgan fingerprint density at radius 2 is 2.25 bits per heavy atom. The van der Waals surface area contributed by atoms with Gasteiger partial charge in [-0.3, -0.25) is 0 Å². The normalized spacial score (nSPS) is 11.3. The number of carboxylic acids is 1. The molecule has 0 saturated heterocycles. The third-order valence-electron chi connectivity index (χ3n) is 1.48. The van der Waals surface area contributed by atoms with E-state index in [1.165, 1.54) is 6.20 Å². The van der Waals surface area contributed by atoms with Crippen LogP contribution in [0.2, 0.25) is 0 Å². The molecule has 1 aromatic rings. The molecular formula is C7H11N3O4S2. The number of nitrogens with zero attached hydrogens (tertiary/aromatic N) is 1. The van der Waals surface area contributed by atoms with Crippen molar-refractivity contribution >= 4 is 32.5 Å². The first-order valence-electron chi connectivity index (χ1n) is 4.26. The lowest BCUT2D eigenvalue weighted by Gasteiger charge is -2.02. The fraction of sp³-hybridized carbons (Fsp3) is 0.429. The Kier molecular flexibility index (Phi) is 4.21. The van der Waals surface area contributed by atoms with Crippen molar-refractivity contribution in [3.8, 4) is 0 Å². The van der Waals surface area contributed by atoms with Gasteiger partial charge in [0.1, 0.15) is 4.88 Å². The number of nitrogens with one attached hydrogen (secondary N) is 2. The monoisotopic (exact) mass is 265 g/mol. The summed E-state index contributed by atoms with van der Waals surface area (Å²) in [4.78, 5) is 14.5. The molecule has 0 aliphatic carbocycles. The maximum absolute atomic E-state index is 10.7. The number of thiazole rings is 1. The third kappa shape index (κ3) is 4.55. The fourth-order valence-electron chi connectivity index (χ4n) is 0.861. The van der Waals surface area contributed by atoms with Crippen molar-refractivity contribution in [3.63, 3.8) is 0 Å². The number of aromatic carboxylic acids is 1. The quantitative estimate of drug-likeness (QED) is 0.615. The zero-order chi connectivity index (χ0) is 12.2. The van der Waals surface area contributed by atoms with E-state index in [0.29, 0.717) is 11.7 Å². The molecule has 3 N–H and O–H groups in total. The molecule has 1 heterocycles. The minimum Gasteiger partial charge on any atom is -0.477 e. The number of aromatic nitrogens is 1. The molecule has 1 aromatic heterocycles. The summed E-state index contributed by atoms with van der Waals surface area (Å²) in [5.74, 6) is -1.03. The van der Waals surface area contributed by atoms with Gasteiger partial charge >= 0.3 is 5.97 Å². The Hall–Kier alpha value is -1.19. The predicted octanol–water partition coefficient (Wildman–Crippen LogP) is -0.198. The lowest BCUT2D eigenvalue weighted by molar-refractivity contribution is 0.0702. The van der Waals surface area contributed by atoms with Crippen LogP contribution in [-0.2, 0) is 10.0 Å². The van der Waals surface area contributed by atoms with Crippen LogP contribution in [0.5, 0.6) is 0 Å². The highest BCUT2D eigenvalue weighted by Crippen LogP contribution is 2.17. The van der Waals surface area contributed by atoms with Gasteiger partial charge in [-0.15, -0.1) is 0 Å². The maximum atomic E-state index is 10.7. The van der Waals surface area contributed by atoms with Crippen molar-refractivity contribution in [1.29, 1.82) is 0 Å². The standard InChI is InChI=1S/C7H11N3O4S2/c1-16(13,14)10-3-2-8-7-9-4-5(15-7)6(11)12/h4,10H,2-3H2,1H3,(H,8,9)(H,11,12). The fourth-order valence-corrected chi connectivity index (χ4v) is 2.01. The van der Waals surface area contributed by atoms with Crippen LogP contribution in [0.4, 0.5) is 5.13 Å². The van der Waals surface area contributed by atoms with E-state index < -0.39 is 16.0 Å². The van der Waals surface area contributed by atoms with Crippen molar-refractivity contribution in [3.05, 3.63) is 11.1 Å². The minimum atomic E-state index is -3.19. The van der Waals surface area contributed by atoms with Crippen LogP contribution in [0, 0.1) is 0 Å². The van der Waals surface area contributed by atoms with Crippen LogP contribution in [-0.4, -0.2) is 43.8 Å². The van der Waals surface area contributed by atoms with Gasteiger partial charge in [-0.2, -0.15) is 0 Å². The molecule has 0 spiro atoms. The molecule has 9 heteroatoms. The molecule has 1 rings (SSSR count). The SMILES string of the molecule is CS(=O)(=O)NCCNc1ncc(C(=O)O)s1. The molecule has 0 fully saturated rings. The topological polar surface area (TPSA) is 108 Å². The molecule has 0 radical (unpaired) electrons. The Labute approximate surface area is 96.6 Å². The molecule has 0 bridgehead atoms. The van der Waals surface area contributed by atoms with E-state index in [0.717, 1.165) is 17.6 Å². The van der Waals surface area contributed by atoms with Crippen LogP contribution < -0.4 is 10.0 Å². The summed E-state index contributed by atoms with van der Waals surface area (Å²) < 4.78 is 23.7. The van der Waals surface area contributed by atoms with E-state index in [1.807, 2.05) is 0 Å². The molecule has 0 unspecified atom stereocenters. The Morgan fingerprint density at radius 3 is 2.75 bits per heavy atom. The van der Waals surface area contributed by atoms with Crippen molar-refractivity contribution in [2.24, 2.45) is 0 Å². The van der Waals surface area contributed by atoms with Gasteiger partial charge in [-0.25, -0.2) is 22.9 Å². The highest BCUT2D eigenvalue weighted by molar-refractivity contribution is 7.88. The second-order valence-electron chi connectivity index (χ2n) is 2.93. The highest BCUT2D eigenvalue weighted by Gasteiger charge is 2.07. The molecule has 0 atom stereocenters. The van der Waals surface area contributed by atoms with E-state index in [2.05, 4.69) is 15.0 Å². The van der Waals surface area contributed by atoms with E-state index in [4.69, 9.17) is 5.11 Å². The van der Waals surface area contributed by atoms with Crippen LogP contribution >= 0.6 is 11.3 Å². The van der Waals surface area contributed by atoms with Crippen molar-refractivity contribution in [1.82, 2.24) is 9.71 Å². The summed E-state index contributed by atoms with van der Waals surface area (Å²) >= 11 is 1.000. The zero-order valence-electron chi connectivity index (χ0n) is 8.43. The third-order valence-corrected chi connectivity index (χ3v) is 3.15. The van der Waals surface area contributed by atoms with Crippen molar-refractivity contribution in [2.75, 3.05) is 24.7 Å². The number of anilines is 1. The smallest absolute Gasteiger partial charge is 0.347 e. The van der Waals surface area contributed by atoms with Gasteiger partial charge in [-0.05, 0) is 0 Å².